The van der Waals surface area contributed by atoms with Crippen LogP contribution in [0.1, 0.15) is 38.8 Å². The number of nitrogens with one attached hydrogen (secondary N) is 1. The molecule has 148 valence electrons. The number of benzene rings is 3. The lowest BCUT2D eigenvalue weighted by molar-refractivity contribution is -0.123. The van der Waals surface area contributed by atoms with Crippen LogP contribution >= 0.6 is 0 Å². The summed E-state index contributed by atoms with van der Waals surface area (Å²) in [6, 6.07) is 23.3. The average molecular weight is 398 g/mol. The highest BCUT2D eigenvalue weighted by molar-refractivity contribution is 6.09. The molecule has 0 heterocycles. The van der Waals surface area contributed by atoms with Gasteiger partial charge in [-0.05, 0) is 37.3 Å². The molecule has 0 aliphatic heterocycles. The summed E-state index contributed by atoms with van der Waals surface area (Å²) in [7, 11) is 0. The molecular weight excluding hydrogens is 380 g/mol. The minimum Gasteiger partial charge on any atom is -0.449 e. The molecule has 6 heteroatoms. The molecule has 30 heavy (non-hydrogen) atoms. The molecule has 1 unspecified atom stereocenters. The Morgan fingerprint density at radius 2 is 1.50 bits per heavy atom. The Bertz CT molecular complexity index is 1120. The lowest BCUT2D eigenvalue weighted by atomic mass is 10.0. The molecule has 6 nitrogen and oxygen atoms in total. The number of amides is 1. The summed E-state index contributed by atoms with van der Waals surface area (Å²) in [6.45, 7) is 1.45. The molecule has 0 saturated carbocycles. The molecule has 0 radical (unpaired) electrons. The predicted molar refractivity (Wildman–Crippen MR) is 111 cm³/mol. The fourth-order valence-electron chi connectivity index (χ4n) is 2.71. The molecule has 0 aromatic heterocycles. The Morgan fingerprint density at radius 3 is 2.17 bits per heavy atom. The second-order valence-corrected chi connectivity index (χ2v) is 6.50. The summed E-state index contributed by atoms with van der Waals surface area (Å²) in [5, 5.41) is 11.5. The van der Waals surface area contributed by atoms with Crippen molar-refractivity contribution in [3.8, 4) is 6.07 Å². The molecule has 3 rings (SSSR count). The van der Waals surface area contributed by atoms with Crippen molar-refractivity contribution in [3.63, 3.8) is 0 Å². The summed E-state index contributed by atoms with van der Waals surface area (Å²) in [5.74, 6) is -1.35. The molecule has 1 N–H and O–H groups in total. The van der Waals surface area contributed by atoms with Gasteiger partial charge in [0.15, 0.2) is 11.9 Å². The second kappa shape index (κ2) is 9.30. The van der Waals surface area contributed by atoms with Crippen molar-refractivity contribution in [1.29, 1.82) is 5.26 Å². The summed E-state index contributed by atoms with van der Waals surface area (Å²) >= 11 is 0. The lowest BCUT2D eigenvalue weighted by Crippen LogP contribution is -2.30. The summed E-state index contributed by atoms with van der Waals surface area (Å²) in [4.78, 5) is 37.0. The van der Waals surface area contributed by atoms with Gasteiger partial charge in [0.05, 0.1) is 17.2 Å². The van der Waals surface area contributed by atoms with Crippen LogP contribution in [-0.4, -0.2) is 23.8 Å². The minimum atomic E-state index is -1.05. The van der Waals surface area contributed by atoms with E-state index in [4.69, 9.17) is 10.00 Å². The molecule has 0 spiro atoms. The summed E-state index contributed by atoms with van der Waals surface area (Å²) in [6.07, 6.45) is -1.05. The van der Waals surface area contributed by atoms with Gasteiger partial charge in [0.25, 0.3) is 5.91 Å². The van der Waals surface area contributed by atoms with Gasteiger partial charge in [-0.2, -0.15) is 5.26 Å². The highest BCUT2D eigenvalue weighted by Gasteiger charge is 2.19. The number of ether oxygens (including phenoxy) is 1. The Morgan fingerprint density at radius 1 is 0.867 bits per heavy atom. The monoisotopic (exact) mass is 398 g/mol. The van der Waals surface area contributed by atoms with Crippen LogP contribution in [0.25, 0.3) is 0 Å². The fraction of sp³-hybridized carbons (Fsp3) is 0.0833. The van der Waals surface area contributed by atoms with Crippen LogP contribution in [0, 0.1) is 11.3 Å². The molecule has 1 amide bonds. The Hall–Kier alpha value is -4.24. The summed E-state index contributed by atoms with van der Waals surface area (Å²) < 4.78 is 5.21. The van der Waals surface area contributed by atoms with Crippen molar-refractivity contribution in [3.05, 3.63) is 101 Å². The van der Waals surface area contributed by atoms with Gasteiger partial charge < -0.3 is 10.1 Å². The number of rotatable bonds is 6. The number of hydrogen-bond acceptors (Lipinski definition) is 5. The van der Waals surface area contributed by atoms with E-state index in [1.807, 2.05) is 12.1 Å². The van der Waals surface area contributed by atoms with Gasteiger partial charge in [0.1, 0.15) is 0 Å². The summed E-state index contributed by atoms with van der Waals surface area (Å²) in [5.41, 5.74) is 2.07. The molecule has 0 aliphatic carbocycles. The van der Waals surface area contributed by atoms with Crippen molar-refractivity contribution in [2.24, 2.45) is 0 Å². The van der Waals surface area contributed by atoms with E-state index in [0.717, 1.165) is 0 Å². The zero-order valence-corrected chi connectivity index (χ0v) is 16.2. The van der Waals surface area contributed by atoms with Crippen LogP contribution in [0.3, 0.4) is 0 Å². The second-order valence-electron chi connectivity index (χ2n) is 6.50. The van der Waals surface area contributed by atoms with Crippen molar-refractivity contribution < 1.29 is 19.1 Å². The van der Waals surface area contributed by atoms with Crippen LogP contribution < -0.4 is 5.32 Å². The first-order valence-corrected chi connectivity index (χ1v) is 9.20. The fourth-order valence-corrected chi connectivity index (χ4v) is 2.71. The van der Waals surface area contributed by atoms with Gasteiger partial charge in [-0.1, -0.05) is 48.5 Å². The zero-order valence-electron chi connectivity index (χ0n) is 16.2. The quantitative estimate of drug-likeness (QED) is 0.501. The third-order valence-corrected chi connectivity index (χ3v) is 4.33. The first-order valence-electron chi connectivity index (χ1n) is 9.20. The average Bonchev–Trinajstić information content (AvgIpc) is 2.79. The minimum absolute atomic E-state index is 0.150. The van der Waals surface area contributed by atoms with E-state index < -0.39 is 18.0 Å². The molecule has 0 bridgehead atoms. The molecule has 3 aromatic carbocycles. The maximum Gasteiger partial charge on any atom is 0.338 e. The van der Waals surface area contributed by atoms with Crippen molar-refractivity contribution >= 4 is 23.3 Å². The van der Waals surface area contributed by atoms with Gasteiger partial charge in [-0.3, -0.25) is 9.59 Å². The van der Waals surface area contributed by atoms with Crippen LogP contribution in [0.15, 0.2) is 78.9 Å². The van der Waals surface area contributed by atoms with E-state index in [-0.39, 0.29) is 11.3 Å². The van der Waals surface area contributed by atoms with Crippen LogP contribution in [0.4, 0.5) is 5.69 Å². The topological polar surface area (TPSA) is 96.3 Å². The van der Waals surface area contributed by atoms with E-state index in [0.29, 0.717) is 22.4 Å². The van der Waals surface area contributed by atoms with Crippen LogP contribution in [-0.2, 0) is 9.53 Å². The number of nitriles is 1. The van der Waals surface area contributed by atoms with Gasteiger partial charge in [-0.25, -0.2) is 4.79 Å². The largest absolute Gasteiger partial charge is 0.449 e. The maximum absolute atomic E-state index is 12.4. The highest BCUT2D eigenvalue weighted by atomic mass is 16.5. The number of esters is 1. The van der Waals surface area contributed by atoms with Crippen molar-refractivity contribution in [1.82, 2.24) is 0 Å². The third kappa shape index (κ3) is 4.97. The number of carbonyl (C=O) groups is 3. The zero-order chi connectivity index (χ0) is 21.5. The van der Waals surface area contributed by atoms with Gasteiger partial charge in [0.2, 0.25) is 0 Å². The first-order chi connectivity index (χ1) is 14.5. The molecule has 1 atom stereocenters. The molecule has 3 aromatic rings. The van der Waals surface area contributed by atoms with E-state index in [1.54, 1.807) is 54.6 Å². The third-order valence-electron chi connectivity index (χ3n) is 4.33. The van der Waals surface area contributed by atoms with Crippen LogP contribution in [0.2, 0.25) is 0 Å². The highest BCUT2D eigenvalue weighted by Crippen LogP contribution is 2.14. The molecular formula is C24H18N2O4. The molecule has 0 aliphatic rings. The van der Waals surface area contributed by atoms with Crippen molar-refractivity contribution in [2.45, 2.75) is 13.0 Å². The SMILES string of the molecule is CC(OC(=O)c1ccc(C(=O)c2ccccc2)cc1)C(=O)Nc1cccc(C#N)c1. The normalized spacial score (nSPS) is 11.1. The van der Waals surface area contributed by atoms with Gasteiger partial charge in [0, 0.05) is 16.8 Å². The first kappa shape index (κ1) is 20.5. The van der Waals surface area contributed by atoms with E-state index in [1.165, 1.54) is 25.1 Å². The molecule has 0 fully saturated rings. The number of anilines is 1. The maximum atomic E-state index is 12.4. The Labute approximate surface area is 173 Å². The van der Waals surface area contributed by atoms with Gasteiger partial charge in [-0.15, -0.1) is 0 Å². The van der Waals surface area contributed by atoms with Crippen molar-refractivity contribution in [2.75, 3.05) is 5.32 Å². The van der Waals surface area contributed by atoms with E-state index in [9.17, 15) is 14.4 Å². The lowest BCUT2D eigenvalue weighted by Gasteiger charge is -2.14. The van der Waals surface area contributed by atoms with Crippen LogP contribution in [0.5, 0.6) is 0 Å². The standard InChI is InChI=1S/C24H18N2O4/c1-16(23(28)26-21-9-5-6-17(14-21)15-25)30-24(29)20-12-10-19(11-13-20)22(27)18-7-3-2-4-8-18/h2-14,16H,1H3,(H,26,28). The van der Waals surface area contributed by atoms with E-state index in [2.05, 4.69) is 5.32 Å². The van der Waals surface area contributed by atoms with E-state index >= 15 is 0 Å². The molecule has 0 saturated heterocycles. The Balaban J connectivity index is 1.61. The number of carbonyl (C=O) groups excluding carboxylic acids is 3. The smallest absolute Gasteiger partial charge is 0.338 e. The van der Waals surface area contributed by atoms with Gasteiger partial charge >= 0.3 is 5.97 Å². The number of nitrogens with zero attached hydrogens (tertiary/aromatic N) is 1. The Kier molecular flexibility index (Phi) is 6.36. The predicted octanol–water partition coefficient (Wildman–Crippen LogP) is 3.97. The number of ketones is 1. The number of hydrogen-bond donors (Lipinski definition) is 1.